The van der Waals surface area contributed by atoms with Gasteiger partial charge in [-0.25, -0.2) is 4.79 Å². The normalized spacial score (nSPS) is 19.0. The van der Waals surface area contributed by atoms with Crippen molar-refractivity contribution in [2.75, 3.05) is 0 Å². The summed E-state index contributed by atoms with van der Waals surface area (Å²) in [5, 5.41) is 12.8. The molecule has 0 spiro atoms. The predicted molar refractivity (Wildman–Crippen MR) is 87.6 cm³/mol. The van der Waals surface area contributed by atoms with Gasteiger partial charge in [-0.15, -0.1) is 0 Å². The van der Waals surface area contributed by atoms with Crippen LogP contribution in [-0.2, 0) is 9.59 Å². The highest BCUT2D eigenvalue weighted by atomic mass is 16.4. The molecule has 0 radical (unpaired) electrons. The molecule has 3 rings (SSSR count). The molecule has 1 aliphatic rings. The monoisotopic (exact) mass is 326 g/mol. The van der Waals surface area contributed by atoms with Gasteiger partial charge in [0.15, 0.2) is 0 Å². The molecule has 2 atom stereocenters. The van der Waals surface area contributed by atoms with Crippen LogP contribution in [-0.4, -0.2) is 33.8 Å². The number of carbonyl (C=O) groups is 3. The van der Waals surface area contributed by atoms with Crippen molar-refractivity contribution in [3.63, 3.8) is 0 Å². The number of carboxylic acid groups (broad SMARTS) is 1. The molecule has 1 fully saturated rings. The van der Waals surface area contributed by atoms with Gasteiger partial charge in [-0.3, -0.25) is 14.6 Å². The van der Waals surface area contributed by atoms with Gasteiger partial charge >= 0.3 is 5.97 Å². The van der Waals surface area contributed by atoms with E-state index in [1.165, 1.54) is 6.20 Å². The Morgan fingerprint density at radius 2 is 2.08 bits per heavy atom. The van der Waals surface area contributed by atoms with E-state index in [9.17, 15) is 19.5 Å². The SMILES string of the molecule is O=C1CCC[C@@H]([C@@H](NC(=O)c2cnc3ccccc3c2)C(=O)O)C1. The van der Waals surface area contributed by atoms with E-state index in [1.807, 2.05) is 24.3 Å². The van der Waals surface area contributed by atoms with Gasteiger partial charge in [0.2, 0.25) is 0 Å². The lowest BCUT2D eigenvalue weighted by Gasteiger charge is -2.27. The molecule has 0 unspecified atom stereocenters. The third-order valence-corrected chi connectivity index (χ3v) is 4.40. The zero-order valence-corrected chi connectivity index (χ0v) is 13.1. The Bertz CT molecular complexity index is 802. The van der Waals surface area contributed by atoms with Gasteiger partial charge in [-0.05, 0) is 30.9 Å². The number of amides is 1. The number of para-hydroxylation sites is 1. The quantitative estimate of drug-likeness (QED) is 0.897. The number of carbonyl (C=O) groups excluding carboxylic acids is 2. The Morgan fingerprint density at radius 3 is 2.83 bits per heavy atom. The van der Waals surface area contributed by atoms with E-state index >= 15 is 0 Å². The van der Waals surface area contributed by atoms with Crippen molar-refractivity contribution in [1.29, 1.82) is 0 Å². The van der Waals surface area contributed by atoms with Gasteiger partial charge in [0, 0.05) is 24.4 Å². The highest BCUT2D eigenvalue weighted by molar-refractivity contribution is 5.99. The van der Waals surface area contributed by atoms with Crippen LogP contribution in [0.25, 0.3) is 10.9 Å². The summed E-state index contributed by atoms with van der Waals surface area (Å²) in [5.74, 6) is -1.91. The molecule has 0 saturated heterocycles. The van der Waals surface area contributed by atoms with Crippen molar-refractivity contribution in [3.8, 4) is 0 Å². The Balaban J connectivity index is 1.79. The summed E-state index contributed by atoms with van der Waals surface area (Å²) >= 11 is 0. The number of ketones is 1. The Morgan fingerprint density at radius 1 is 1.29 bits per heavy atom. The molecule has 24 heavy (non-hydrogen) atoms. The summed E-state index contributed by atoms with van der Waals surface area (Å²) in [7, 11) is 0. The fraction of sp³-hybridized carbons (Fsp3) is 0.333. The summed E-state index contributed by atoms with van der Waals surface area (Å²) in [6, 6.07) is 8.00. The first kappa shape index (κ1) is 16.1. The molecule has 6 nitrogen and oxygen atoms in total. The van der Waals surface area contributed by atoms with Crippen molar-refractivity contribution >= 4 is 28.6 Å². The number of aromatic nitrogens is 1. The molecule has 0 aliphatic heterocycles. The molecular formula is C18H18N2O4. The second kappa shape index (κ2) is 6.78. The fourth-order valence-electron chi connectivity index (χ4n) is 3.14. The number of carboxylic acids is 1. The third kappa shape index (κ3) is 3.42. The molecule has 1 saturated carbocycles. The van der Waals surface area contributed by atoms with Crippen molar-refractivity contribution in [2.45, 2.75) is 31.7 Å². The van der Waals surface area contributed by atoms with E-state index in [0.717, 1.165) is 10.9 Å². The van der Waals surface area contributed by atoms with Crippen LogP contribution in [0.2, 0.25) is 0 Å². The molecule has 1 aliphatic carbocycles. The first-order valence-corrected chi connectivity index (χ1v) is 7.95. The maximum absolute atomic E-state index is 12.4. The molecule has 1 heterocycles. The van der Waals surface area contributed by atoms with E-state index in [4.69, 9.17) is 0 Å². The Labute approximate surface area is 138 Å². The van der Waals surface area contributed by atoms with Crippen LogP contribution < -0.4 is 5.32 Å². The minimum atomic E-state index is -1.11. The van der Waals surface area contributed by atoms with Crippen molar-refractivity contribution < 1.29 is 19.5 Å². The van der Waals surface area contributed by atoms with Crippen molar-refractivity contribution in [1.82, 2.24) is 10.3 Å². The van der Waals surface area contributed by atoms with E-state index in [0.29, 0.717) is 24.8 Å². The largest absolute Gasteiger partial charge is 0.480 e. The van der Waals surface area contributed by atoms with E-state index < -0.39 is 17.9 Å². The summed E-state index contributed by atoms with van der Waals surface area (Å²) in [5.41, 5.74) is 1.07. The van der Waals surface area contributed by atoms with Gasteiger partial charge in [0.1, 0.15) is 11.8 Å². The molecule has 6 heteroatoms. The summed E-state index contributed by atoms with van der Waals surface area (Å²) in [4.78, 5) is 39.8. The van der Waals surface area contributed by atoms with Crippen LogP contribution in [0.5, 0.6) is 0 Å². The Kier molecular flexibility index (Phi) is 4.55. The molecule has 1 aromatic carbocycles. The lowest BCUT2D eigenvalue weighted by Crippen LogP contribution is -2.47. The number of aliphatic carboxylic acids is 1. The van der Waals surface area contributed by atoms with Gasteiger partial charge in [0.05, 0.1) is 11.1 Å². The van der Waals surface area contributed by atoms with Crippen LogP contribution in [0, 0.1) is 5.92 Å². The average molecular weight is 326 g/mol. The van der Waals surface area contributed by atoms with E-state index in [1.54, 1.807) is 6.07 Å². The molecule has 0 bridgehead atoms. The lowest BCUT2D eigenvalue weighted by molar-refractivity contribution is -0.141. The average Bonchev–Trinajstić information content (AvgIpc) is 2.58. The number of benzene rings is 1. The summed E-state index contributed by atoms with van der Waals surface area (Å²) < 4.78 is 0. The molecule has 1 amide bonds. The molecule has 124 valence electrons. The molecular weight excluding hydrogens is 308 g/mol. The number of pyridine rings is 1. The smallest absolute Gasteiger partial charge is 0.326 e. The zero-order chi connectivity index (χ0) is 17.1. The third-order valence-electron chi connectivity index (χ3n) is 4.40. The number of nitrogens with one attached hydrogen (secondary N) is 1. The summed E-state index contributed by atoms with van der Waals surface area (Å²) in [6.07, 6.45) is 3.42. The van der Waals surface area contributed by atoms with Gasteiger partial charge in [-0.2, -0.15) is 0 Å². The first-order valence-electron chi connectivity index (χ1n) is 7.95. The van der Waals surface area contributed by atoms with Crippen LogP contribution in [0.3, 0.4) is 0 Å². The molecule has 2 aromatic rings. The van der Waals surface area contributed by atoms with Crippen LogP contribution in [0.15, 0.2) is 36.5 Å². The van der Waals surface area contributed by atoms with Crippen molar-refractivity contribution in [3.05, 3.63) is 42.1 Å². The van der Waals surface area contributed by atoms with Crippen LogP contribution in [0.1, 0.15) is 36.0 Å². The highest BCUT2D eigenvalue weighted by Gasteiger charge is 2.33. The first-order chi connectivity index (χ1) is 11.5. The topological polar surface area (TPSA) is 96.4 Å². The second-order valence-electron chi connectivity index (χ2n) is 6.10. The minimum Gasteiger partial charge on any atom is -0.480 e. The van der Waals surface area contributed by atoms with E-state index in [2.05, 4.69) is 10.3 Å². The zero-order valence-electron chi connectivity index (χ0n) is 13.1. The summed E-state index contributed by atoms with van der Waals surface area (Å²) in [6.45, 7) is 0. The standard InChI is InChI=1S/C18H18N2O4/c21-14-6-3-5-12(9-14)16(18(23)24)20-17(22)13-8-11-4-1-2-7-15(11)19-10-13/h1-2,4,7-8,10,12,16H,3,5-6,9H2,(H,20,22)(H,23,24)/t12-,16-/m1/s1. The minimum absolute atomic E-state index is 0.0547. The second-order valence-corrected chi connectivity index (χ2v) is 6.10. The number of hydrogen-bond acceptors (Lipinski definition) is 4. The molecule has 2 N–H and O–H groups in total. The highest BCUT2D eigenvalue weighted by Crippen LogP contribution is 2.25. The van der Waals surface area contributed by atoms with Gasteiger partial charge in [-0.1, -0.05) is 18.2 Å². The maximum Gasteiger partial charge on any atom is 0.326 e. The fourth-order valence-corrected chi connectivity index (χ4v) is 3.14. The number of nitrogens with zero attached hydrogens (tertiary/aromatic N) is 1. The number of Topliss-reactive ketones (excluding diaryl/α,β-unsaturated/α-hetero) is 1. The van der Waals surface area contributed by atoms with Crippen LogP contribution >= 0.6 is 0 Å². The molecule has 1 aromatic heterocycles. The Hall–Kier alpha value is -2.76. The number of hydrogen-bond donors (Lipinski definition) is 2. The maximum atomic E-state index is 12.4. The number of rotatable bonds is 4. The lowest BCUT2D eigenvalue weighted by atomic mass is 9.83. The van der Waals surface area contributed by atoms with Gasteiger partial charge < -0.3 is 10.4 Å². The predicted octanol–water partition coefficient (Wildman–Crippen LogP) is 2.18. The van der Waals surface area contributed by atoms with E-state index in [-0.39, 0.29) is 18.1 Å². The van der Waals surface area contributed by atoms with Crippen molar-refractivity contribution in [2.24, 2.45) is 5.92 Å². The van der Waals surface area contributed by atoms with Crippen LogP contribution in [0.4, 0.5) is 0 Å². The van der Waals surface area contributed by atoms with Gasteiger partial charge in [0.25, 0.3) is 5.91 Å². The number of fused-ring (bicyclic) bond motifs is 1.